The average Bonchev–Trinajstić information content (AvgIpc) is 2.97. The molecule has 0 atom stereocenters. The molecule has 96 valence electrons. The van der Waals surface area contributed by atoms with Gasteiger partial charge in [-0.05, 0) is 5.56 Å². The van der Waals surface area contributed by atoms with Crippen LogP contribution in [0, 0.1) is 28.1 Å². The van der Waals surface area contributed by atoms with Gasteiger partial charge in [0.1, 0.15) is 23.2 Å². The summed E-state index contributed by atoms with van der Waals surface area (Å²) < 4.78 is 1.76. The van der Waals surface area contributed by atoms with E-state index in [0.717, 1.165) is 16.3 Å². The van der Waals surface area contributed by atoms with Gasteiger partial charge in [0.05, 0.1) is 10.6 Å². The van der Waals surface area contributed by atoms with Gasteiger partial charge in [0.15, 0.2) is 0 Å². The van der Waals surface area contributed by atoms with E-state index in [1.807, 2.05) is 30.3 Å². The minimum Gasteiger partial charge on any atom is -0.318 e. The average molecular weight is 278 g/mol. The summed E-state index contributed by atoms with van der Waals surface area (Å²) in [5.74, 6) is 0.837. The molecular formula is C15H10N4S. The van der Waals surface area contributed by atoms with Crippen LogP contribution in [0.5, 0.6) is 0 Å². The number of thioether (sulfide) groups is 1. The van der Waals surface area contributed by atoms with Crippen molar-refractivity contribution in [2.45, 2.75) is 11.6 Å². The van der Waals surface area contributed by atoms with Crippen LogP contribution in [0.1, 0.15) is 11.1 Å². The number of nitrogens with zero attached hydrogens (tertiary/aromatic N) is 3. The van der Waals surface area contributed by atoms with E-state index in [2.05, 4.69) is 12.1 Å². The molecule has 0 amide bonds. The second kappa shape index (κ2) is 4.88. The zero-order valence-electron chi connectivity index (χ0n) is 10.6. The van der Waals surface area contributed by atoms with Gasteiger partial charge in [0, 0.05) is 17.9 Å². The number of pyridine rings is 1. The summed E-state index contributed by atoms with van der Waals surface area (Å²) in [4.78, 5) is 0. The number of aromatic nitrogens is 1. The normalized spacial score (nSPS) is 12.5. The van der Waals surface area contributed by atoms with Gasteiger partial charge in [-0.3, -0.25) is 5.41 Å². The molecule has 1 aliphatic heterocycles. The lowest BCUT2D eigenvalue weighted by atomic mass is 9.97. The second-order valence-corrected chi connectivity index (χ2v) is 5.45. The SMILES string of the molecule is N#Cc1c(-c2ccccc2)c(C#N)c(=N)n2c1SCC2. The third-order valence-electron chi connectivity index (χ3n) is 3.31. The molecule has 5 heteroatoms. The van der Waals surface area contributed by atoms with E-state index >= 15 is 0 Å². The summed E-state index contributed by atoms with van der Waals surface area (Å²) in [6, 6.07) is 13.7. The van der Waals surface area contributed by atoms with Gasteiger partial charge in [-0.1, -0.05) is 30.3 Å². The van der Waals surface area contributed by atoms with E-state index in [4.69, 9.17) is 5.41 Å². The number of benzene rings is 1. The highest BCUT2D eigenvalue weighted by Gasteiger charge is 2.24. The molecule has 1 N–H and O–H groups in total. The monoisotopic (exact) mass is 278 g/mol. The van der Waals surface area contributed by atoms with Gasteiger partial charge < -0.3 is 4.57 Å². The van der Waals surface area contributed by atoms with E-state index in [0.29, 0.717) is 17.7 Å². The molecule has 1 aromatic carbocycles. The van der Waals surface area contributed by atoms with Crippen molar-refractivity contribution >= 4 is 11.8 Å². The maximum atomic E-state index is 9.51. The Balaban J connectivity index is 2.46. The molecule has 0 fully saturated rings. The quantitative estimate of drug-likeness (QED) is 0.870. The maximum absolute atomic E-state index is 9.51. The lowest BCUT2D eigenvalue weighted by Crippen LogP contribution is -2.24. The summed E-state index contributed by atoms with van der Waals surface area (Å²) in [7, 11) is 0. The van der Waals surface area contributed by atoms with Gasteiger partial charge in [-0.15, -0.1) is 11.8 Å². The Hall–Kier alpha value is -2.50. The third-order valence-corrected chi connectivity index (χ3v) is 4.39. The topological polar surface area (TPSA) is 76.4 Å². The Kier molecular flexibility index (Phi) is 3.06. The highest BCUT2D eigenvalue weighted by Crippen LogP contribution is 2.35. The Morgan fingerprint density at radius 3 is 2.45 bits per heavy atom. The molecule has 0 aliphatic carbocycles. The van der Waals surface area contributed by atoms with Crippen LogP contribution in [0.25, 0.3) is 11.1 Å². The number of nitriles is 2. The van der Waals surface area contributed by atoms with Crippen molar-refractivity contribution in [1.82, 2.24) is 4.57 Å². The fraction of sp³-hybridized carbons (Fsp3) is 0.133. The van der Waals surface area contributed by atoms with Gasteiger partial charge in [0.2, 0.25) is 0 Å². The van der Waals surface area contributed by atoms with Crippen LogP contribution in [0.2, 0.25) is 0 Å². The van der Waals surface area contributed by atoms with Crippen molar-refractivity contribution in [3.8, 4) is 23.3 Å². The molecule has 0 spiro atoms. The van der Waals surface area contributed by atoms with Crippen LogP contribution in [0.3, 0.4) is 0 Å². The van der Waals surface area contributed by atoms with Crippen LogP contribution < -0.4 is 5.49 Å². The van der Waals surface area contributed by atoms with E-state index in [-0.39, 0.29) is 11.1 Å². The van der Waals surface area contributed by atoms with Crippen molar-refractivity contribution < 1.29 is 0 Å². The molecular weight excluding hydrogens is 268 g/mol. The fourth-order valence-electron chi connectivity index (χ4n) is 2.42. The van der Waals surface area contributed by atoms with Gasteiger partial charge in [-0.25, -0.2) is 0 Å². The number of hydrogen-bond acceptors (Lipinski definition) is 4. The van der Waals surface area contributed by atoms with Crippen molar-refractivity contribution in [1.29, 1.82) is 15.9 Å². The van der Waals surface area contributed by atoms with Gasteiger partial charge >= 0.3 is 0 Å². The summed E-state index contributed by atoms with van der Waals surface area (Å²) in [6.07, 6.45) is 0. The van der Waals surface area contributed by atoms with Crippen LogP contribution in [-0.4, -0.2) is 10.3 Å². The number of nitrogens with one attached hydrogen (secondary N) is 1. The largest absolute Gasteiger partial charge is 0.318 e. The molecule has 4 nitrogen and oxygen atoms in total. The van der Waals surface area contributed by atoms with E-state index < -0.39 is 0 Å². The first-order valence-electron chi connectivity index (χ1n) is 6.11. The standard InChI is InChI=1S/C15H10N4S/c16-8-11-13(10-4-2-1-3-5-10)12(9-17)15-19(14(11)18)6-7-20-15/h1-5,18H,6-7H2. The Bertz CT molecular complexity index is 822. The lowest BCUT2D eigenvalue weighted by molar-refractivity contribution is 0.665. The third kappa shape index (κ3) is 1.72. The molecule has 0 saturated carbocycles. The van der Waals surface area contributed by atoms with E-state index in [9.17, 15) is 10.5 Å². The highest BCUT2D eigenvalue weighted by molar-refractivity contribution is 7.99. The first-order chi connectivity index (χ1) is 9.77. The number of hydrogen-bond donors (Lipinski definition) is 1. The zero-order valence-corrected chi connectivity index (χ0v) is 11.4. The molecule has 0 unspecified atom stereocenters. The molecule has 1 aromatic heterocycles. The molecule has 2 heterocycles. The summed E-state index contributed by atoms with van der Waals surface area (Å²) in [6.45, 7) is 0.678. The first kappa shape index (κ1) is 12.5. The summed E-state index contributed by atoms with van der Waals surface area (Å²) in [5, 5.41) is 27.9. The Morgan fingerprint density at radius 2 is 1.80 bits per heavy atom. The maximum Gasteiger partial charge on any atom is 0.144 e. The van der Waals surface area contributed by atoms with Crippen molar-refractivity contribution in [2.24, 2.45) is 0 Å². The van der Waals surface area contributed by atoms with Crippen molar-refractivity contribution in [2.75, 3.05) is 5.75 Å². The minimum atomic E-state index is 0.199. The van der Waals surface area contributed by atoms with Crippen LogP contribution in [0.4, 0.5) is 0 Å². The number of fused-ring (bicyclic) bond motifs is 1. The highest BCUT2D eigenvalue weighted by atomic mass is 32.2. The molecule has 0 saturated heterocycles. The Morgan fingerprint density at radius 1 is 1.10 bits per heavy atom. The summed E-state index contributed by atoms with van der Waals surface area (Å²) in [5.41, 5.74) is 2.38. The molecule has 0 radical (unpaired) electrons. The van der Waals surface area contributed by atoms with Crippen LogP contribution >= 0.6 is 11.8 Å². The smallest absolute Gasteiger partial charge is 0.144 e. The predicted octanol–water partition coefficient (Wildman–Crippen LogP) is 2.48. The fourth-order valence-corrected chi connectivity index (χ4v) is 3.52. The van der Waals surface area contributed by atoms with E-state index in [1.54, 1.807) is 16.3 Å². The Labute approximate surface area is 120 Å². The predicted molar refractivity (Wildman–Crippen MR) is 75.9 cm³/mol. The molecule has 3 rings (SSSR count). The minimum absolute atomic E-state index is 0.199. The van der Waals surface area contributed by atoms with Crippen LogP contribution in [0.15, 0.2) is 35.4 Å². The van der Waals surface area contributed by atoms with Gasteiger partial charge in [-0.2, -0.15) is 10.5 Å². The first-order valence-corrected chi connectivity index (χ1v) is 7.10. The molecule has 1 aliphatic rings. The van der Waals surface area contributed by atoms with Gasteiger partial charge in [0.25, 0.3) is 0 Å². The number of rotatable bonds is 1. The van der Waals surface area contributed by atoms with Crippen LogP contribution in [-0.2, 0) is 6.54 Å². The zero-order chi connectivity index (χ0) is 14.1. The molecule has 2 aromatic rings. The van der Waals surface area contributed by atoms with Crippen molar-refractivity contribution in [3.63, 3.8) is 0 Å². The summed E-state index contributed by atoms with van der Waals surface area (Å²) >= 11 is 1.57. The molecule has 0 bridgehead atoms. The lowest BCUT2D eigenvalue weighted by Gasteiger charge is -2.13. The second-order valence-electron chi connectivity index (χ2n) is 4.37. The van der Waals surface area contributed by atoms with Crippen molar-refractivity contribution in [3.05, 3.63) is 46.9 Å². The molecule has 20 heavy (non-hydrogen) atoms. The van der Waals surface area contributed by atoms with E-state index in [1.165, 1.54) is 0 Å².